The van der Waals surface area contributed by atoms with Gasteiger partial charge in [0.1, 0.15) is 0 Å². The lowest BCUT2D eigenvalue weighted by atomic mass is 10.1. The van der Waals surface area contributed by atoms with Crippen molar-refractivity contribution in [2.45, 2.75) is 6.54 Å². The summed E-state index contributed by atoms with van der Waals surface area (Å²) in [6.07, 6.45) is 1.54. The zero-order chi connectivity index (χ0) is 18.5. The molecule has 0 saturated carbocycles. The molecule has 7 heteroatoms. The molecule has 1 aromatic heterocycles. The lowest BCUT2D eigenvalue weighted by molar-refractivity contribution is 0.0628. The van der Waals surface area contributed by atoms with Crippen LogP contribution in [-0.2, 0) is 6.54 Å². The fraction of sp³-hybridized carbons (Fsp3) is 0.368. The van der Waals surface area contributed by atoms with Gasteiger partial charge in [-0.1, -0.05) is 6.07 Å². The average Bonchev–Trinajstić information content (AvgIpc) is 2.68. The third-order valence-corrected chi connectivity index (χ3v) is 4.47. The van der Waals surface area contributed by atoms with E-state index in [0.29, 0.717) is 31.1 Å². The smallest absolute Gasteiger partial charge is 0.255 e. The Balaban J connectivity index is 1.55. The van der Waals surface area contributed by atoms with Gasteiger partial charge in [0, 0.05) is 45.0 Å². The molecule has 1 amide bonds. The van der Waals surface area contributed by atoms with Crippen molar-refractivity contribution in [3.8, 4) is 11.6 Å². The molecule has 1 fully saturated rings. The topological polar surface area (TPSA) is 54.9 Å². The SMILES string of the molecule is COc1ccc(C(=O)N2CCN(Cc3ccc(OC)c(F)c3)CC2)cn1. The molecule has 0 spiro atoms. The van der Waals surface area contributed by atoms with Crippen LogP contribution in [0.15, 0.2) is 36.5 Å². The van der Waals surface area contributed by atoms with Crippen LogP contribution in [0.1, 0.15) is 15.9 Å². The Hall–Kier alpha value is -2.67. The quantitative estimate of drug-likeness (QED) is 0.819. The summed E-state index contributed by atoms with van der Waals surface area (Å²) in [5.41, 5.74) is 1.44. The molecule has 1 aromatic carbocycles. The van der Waals surface area contributed by atoms with Crippen LogP contribution in [0.4, 0.5) is 4.39 Å². The molecule has 2 heterocycles. The van der Waals surface area contributed by atoms with E-state index in [2.05, 4.69) is 9.88 Å². The number of pyridine rings is 1. The molecular weight excluding hydrogens is 337 g/mol. The first-order valence-electron chi connectivity index (χ1n) is 8.45. The van der Waals surface area contributed by atoms with E-state index in [1.165, 1.54) is 26.5 Å². The number of benzene rings is 1. The first-order chi connectivity index (χ1) is 12.6. The van der Waals surface area contributed by atoms with Gasteiger partial charge in [-0.15, -0.1) is 0 Å². The number of methoxy groups -OCH3 is 2. The molecule has 0 atom stereocenters. The number of hydrogen-bond acceptors (Lipinski definition) is 5. The van der Waals surface area contributed by atoms with Crippen molar-refractivity contribution < 1.29 is 18.7 Å². The largest absolute Gasteiger partial charge is 0.494 e. The van der Waals surface area contributed by atoms with E-state index in [4.69, 9.17) is 9.47 Å². The predicted octanol–water partition coefficient (Wildman–Crippen LogP) is 2.20. The molecule has 2 aromatic rings. The summed E-state index contributed by atoms with van der Waals surface area (Å²) in [4.78, 5) is 20.6. The maximum atomic E-state index is 13.8. The second-order valence-electron chi connectivity index (χ2n) is 6.13. The van der Waals surface area contributed by atoms with Gasteiger partial charge in [-0.2, -0.15) is 0 Å². The first kappa shape index (κ1) is 18.1. The second-order valence-corrected chi connectivity index (χ2v) is 6.13. The fourth-order valence-electron chi connectivity index (χ4n) is 2.99. The highest BCUT2D eigenvalue weighted by Crippen LogP contribution is 2.19. The molecular formula is C19H22FN3O3. The first-order valence-corrected chi connectivity index (χ1v) is 8.45. The van der Waals surface area contributed by atoms with Crippen molar-refractivity contribution in [2.24, 2.45) is 0 Å². The van der Waals surface area contributed by atoms with Crippen molar-refractivity contribution in [3.63, 3.8) is 0 Å². The van der Waals surface area contributed by atoms with Gasteiger partial charge in [0.25, 0.3) is 5.91 Å². The molecule has 0 radical (unpaired) electrons. The number of aromatic nitrogens is 1. The molecule has 138 valence electrons. The summed E-state index contributed by atoms with van der Waals surface area (Å²) in [6.45, 7) is 3.38. The molecule has 0 aliphatic carbocycles. The maximum absolute atomic E-state index is 13.8. The highest BCUT2D eigenvalue weighted by Gasteiger charge is 2.22. The maximum Gasteiger partial charge on any atom is 0.255 e. The zero-order valence-electron chi connectivity index (χ0n) is 14.9. The Labute approximate surface area is 152 Å². The van der Waals surface area contributed by atoms with Gasteiger partial charge in [0.2, 0.25) is 5.88 Å². The molecule has 0 unspecified atom stereocenters. The molecule has 6 nitrogen and oxygen atoms in total. The summed E-state index contributed by atoms with van der Waals surface area (Å²) in [5, 5.41) is 0. The second kappa shape index (κ2) is 8.14. The number of ether oxygens (including phenoxy) is 2. The van der Waals surface area contributed by atoms with Crippen LogP contribution < -0.4 is 9.47 Å². The van der Waals surface area contributed by atoms with Gasteiger partial charge >= 0.3 is 0 Å². The third kappa shape index (κ3) is 4.11. The summed E-state index contributed by atoms with van der Waals surface area (Å²) in [6, 6.07) is 8.41. The molecule has 3 rings (SSSR count). The monoisotopic (exact) mass is 359 g/mol. The number of amides is 1. The highest BCUT2D eigenvalue weighted by molar-refractivity contribution is 5.94. The third-order valence-electron chi connectivity index (χ3n) is 4.47. The molecule has 0 bridgehead atoms. The van der Waals surface area contributed by atoms with Gasteiger partial charge in [-0.25, -0.2) is 9.37 Å². The Morgan fingerprint density at radius 3 is 2.46 bits per heavy atom. The predicted molar refractivity (Wildman–Crippen MR) is 94.9 cm³/mol. The number of piperazine rings is 1. The van der Waals surface area contributed by atoms with Gasteiger partial charge in [0.15, 0.2) is 11.6 Å². The summed E-state index contributed by atoms with van der Waals surface area (Å²) in [7, 11) is 2.99. The van der Waals surface area contributed by atoms with E-state index < -0.39 is 0 Å². The minimum absolute atomic E-state index is 0.0321. The van der Waals surface area contributed by atoms with Crippen LogP contribution in [-0.4, -0.2) is 61.1 Å². The molecule has 1 aliphatic rings. The highest BCUT2D eigenvalue weighted by atomic mass is 19.1. The molecule has 1 aliphatic heterocycles. The molecule has 1 saturated heterocycles. The normalized spacial score (nSPS) is 15.0. The van der Waals surface area contributed by atoms with Gasteiger partial charge in [-0.05, 0) is 23.8 Å². The number of rotatable bonds is 5. The van der Waals surface area contributed by atoms with E-state index >= 15 is 0 Å². The van der Waals surface area contributed by atoms with Crippen molar-refractivity contribution in [1.82, 2.24) is 14.8 Å². The Kier molecular flexibility index (Phi) is 5.68. The van der Waals surface area contributed by atoms with Gasteiger partial charge in [-0.3, -0.25) is 9.69 Å². The summed E-state index contributed by atoms with van der Waals surface area (Å²) >= 11 is 0. The Morgan fingerprint density at radius 1 is 1.12 bits per heavy atom. The average molecular weight is 359 g/mol. The lowest BCUT2D eigenvalue weighted by Gasteiger charge is -2.34. The standard InChI is InChI=1S/C19H22FN3O3/c1-25-17-5-3-14(11-16(17)20)13-22-7-9-23(10-8-22)19(24)15-4-6-18(26-2)21-12-15/h3-6,11-12H,7-10,13H2,1-2H3. The van der Waals surface area contributed by atoms with Crippen molar-refractivity contribution in [2.75, 3.05) is 40.4 Å². The van der Waals surface area contributed by atoms with Crippen molar-refractivity contribution in [1.29, 1.82) is 0 Å². The minimum atomic E-state index is -0.356. The van der Waals surface area contributed by atoms with E-state index in [1.54, 1.807) is 18.2 Å². The van der Waals surface area contributed by atoms with Crippen LogP contribution in [0, 0.1) is 5.82 Å². The van der Waals surface area contributed by atoms with Gasteiger partial charge < -0.3 is 14.4 Å². The van der Waals surface area contributed by atoms with Crippen LogP contribution in [0.25, 0.3) is 0 Å². The van der Waals surface area contributed by atoms with Crippen LogP contribution in [0.3, 0.4) is 0 Å². The number of carbonyl (C=O) groups excluding carboxylic acids is 1. The summed E-state index contributed by atoms with van der Waals surface area (Å²) < 4.78 is 23.8. The van der Waals surface area contributed by atoms with E-state index in [0.717, 1.165) is 18.7 Å². The number of nitrogens with zero attached hydrogens (tertiary/aromatic N) is 3. The molecule has 26 heavy (non-hydrogen) atoms. The Morgan fingerprint density at radius 2 is 1.88 bits per heavy atom. The van der Waals surface area contributed by atoms with E-state index in [-0.39, 0.29) is 17.5 Å². The number of hydrogen-bond donors (Lipinski definition) is 0. The van der Waals surface area contributed by atoms with Crippen LogP contribution >= 0.6 is 0 Å². The van der Waals surface area contributed by atoms with E-state index in [9.17, 15) is 9.18 Å². The molecule has 0 N–H and O–H groups in total. The number of halogens is 1. The van der Waals surface area contributed by atoms with Crippen LogP contribution in [0.2, 0.25) is 0 Å². The zero-order valence-corrected chi connectivity index (χ0v) is 14.9. The van der Waals surface area contributed by atoms with Crippen molar-refractivity contribution >= 4 is 5.91 Å². The van der Waals surface area contributed by atoms with E-state index in [1.807, 2.05) is 11.0 Å². The number of carbonyl (C=O) groups is 1. The fourth-order valence-corrected chi connectivity index (χ4v) is 2.99. The summed E-state index contributed by atoms with van der Waals surface area (Å²) in [5.74, 6) is 0.344. The van der Waals surface area contributed by atoms with Crippen molar-refractivity contribution in [3.05, 3.63) is 53.5 Å². The Bertz CT molecular complexity index is 759. The minimum Gasteiger partial charge on any atom is -0.494 e. The van der Waals surface area contributed by atoms with Crippen LogP contribution in [0.5, 0.6) is 11.6 Å². The van der Waals surface area contributed by atoms with Gasteiger partial charge in [0.05, 0.1) is 19.8 Å². The lowest BCUT2D eigenvalue weighted by Crippen LogP contribution is -2.48.